The fourth-order valence-corrected chi connectivity index (χ4v) is 4.42. The summed E-state index contributed by atoms with van der Waals surface area (Å²) in [6.07, 6.45) is 1.93. The van der Waals surface area contributed by atoms with E-state index in [-0.39, 0.29) is 30.2 Å². The van der Waals surface area contributed by atoms with Gasteiger partial charge in [-0.25, -0.2) is 13.6 Å². The van der Waals surface area contributed by atoms with Crippen molar-refractivity contribution in [2.24, 2.45) is 16.5 Å². The quantitative estimate of drug-likeness (QED) is 0.167. The number of carbonyl (C=O) groups excluding carboxylic acids is 2. The van der Waals surface area contributed by atoms with E-state index >= 15 is 0 Å². The normalized spacial score (nSPS) is 17.1. The zero-order valence-corrected chi connectivity index (χ0v) is 19.6. The number of aliphatic imine (C=N–C) groups is 1. The number of guanidine groups is 1. The Morgan fingerprint density at radius 2 is 1.91 bits per heavy atom. The van der Waals surface area contributed by atoms with Gasteiger partial charge in [-0.05, 0) is 42.9 Å². The lowest BCUT2D eigenvalue weighted by molar-refractivity contribution is -0.145. The van der Waals surface area contributed by atoms with E-state index in [1.54, 1.807) is 0 Å². The first kappa shape index (κ1) is 25.9. The largest absolute Gasteiger partial charge is 0.467 e. The number of anilines is 1. The first-order valence-electron chi connectivity index (χ1n) is 11.5. The van der Waals surface area contributed by atoms with Crippen LogP contribution in [0.5, 0.6) is 0 Å². The van der Waals surface area contributed by atoms with E-state index in [0.717, 1.165) is 11.6 Å². The van der Waals surface area contributed by atoms with Crippen LogP contribution in [0.4, 0.5) is 14.5 Å². The molecule has 188 valence electrons. The van der Waals surface area contributed by atoms with Gasteiger partial charge in [0, 0.05) is 24.9 Å². The molecule has 0 spiro atoms. The molecule has 0 saturated heterocycles. The molecule has 8 nitrogen and oxygen atoms in total. The standard InChI is InChI=1S/C25H31F2N5O3/c1-35-24(34)20(10-6-12-30-25(28)29)31-21(33)11-5-9-17-18-13-16(26)14-19(27)23(18)32-22(17)15-7-3-2-4-8-15/h2-4,7-8,13-14,17,20,22,32H,5-6,9-12H2,1H3,(H,31,33)(H4,28,29,30). The molecule has 1 heterocycles. The summed E-state index contributed by atoms with van der Waals surface area (Å²) in [5, 5.41) is 5.90. The lowest BCUT2D eigenvalue weighted by atomic mass is 9.86. The maximum absolute atomic E-state index is 14.5. The fourth-order valence-electron chi connectivity index (χ4n) is 4.42. The SMILES string of the molecule is COC(=O)C(CCCN=C(N)N)NC(=O)CCCC1c2cc(F)cc(F)c2NC1c1ccccc1. The molecule has 1 aliphatic rings. The highest BCUT2D eigenvalue weighted by atomic mass is 19.1. The summed E-state index contributed by atoms with van der Waals surface area (Å²) >= 11 is 0. The zero-order chi connectivity index (χ0) is 25.4. The average Bonchev–Trinajstić information content (AvgIpc) is 3.19. The van der Waals surface area contributed by atoms with Crippen LogP contribution in [0.15, 0.2) is 47.5 Å². The molecule has 2 aromatic rings. The van der Waals surface area contributed by atoms with E-state index in [2.05, 4.69) is 15.6 Å². The second-order valence-electron chi connectivity index (χ2n) is 8.48. The van der Waals surface area contributed by atoms with Gasteiger partial charge in [0.1, 0.15) is 17.7 Å². The van der Waals surface area contributed by atoms with Crippen LogP contribution in [0.2, 0.25) is 0 Å². The van der Waals surface area contributed by atoms with Crippen LogP contribution in [0.3, 0.4) is 0 Å². The summed E-state index contributed by atoms with van der Waals surface area (Å²) in [4.78, 5) is 28.5. The lowest BCUT2D eigenvalue weighted by Gasteiger charge is -2.21. The minimum atomic E-state index is -0.809. The number of amides is 1. The molecule has 1 aliphatic heterocycles. The van der Waals surface area contributed by atoms with Crippen LogP contribution in [-0.4, -0.2) is 37.5 Å². The molecule has 0 aliphatic carbocycles. The van der Waals surface area contributed by atoms with Gasteiger partial charge in [0.2, 0.25) is 5.91 Å². The minimum absolute atomic E-state index is 0.0415. The summed E-state index contributed by atoms with van der Waals surface area (Å²) in [6, 6.07) is 10.7. The smallest absolute Gasteiger partial charge is 0.328 e. The average molecular weight is 488 g/mol. The van der Waals surface area contributed by atoms with Crippen LogP contribution in [-0.2, 0) is 14.3 Å². The maximum Gasteiger partial charge on any atom is 0.328 e. The number of fused-ring (bicyclic) bond motifs is 1. The molecule has 0 saturated carbocycles. The molecule has 6 N–H and O–H groups in total. The fraction of sp³-hybridized carbons (Fsp3) is 0.400. The summed E-state index contributed by atoms with van der Waals surface area (Å²) in [6.45, 7) is 0.327. The van der Waals surface area contributed by atoms with E-state index in [1.807, 2.05) is 30.3 Å². The van der Waals surface area contributed by atoms with Gasteiger partial charge in [-0.2, -0.15) is 0 Å². The predicted molar refractivity (Wildman–Crippen MR) is 130 cm³/mol. The molecule has 10 heteroatoms. The molecule has 2 aromatic carbocycles. The summed E-state index contributed by atoms with van der Waals surface area (Å²) in [5.41, 5.74) is 12.4. The number of hydrogen-bond donors (Lipinski definition) is 4. The zero-order valence-electron chi connectivity index (χ0n) is 19.6. The van der Waals surface area contributed by atoms with Crippen molar-refractivity contribution in [3.8, 4) is 0 Å². The van der Waals surface area contributed by atoms with E-state index in [4.69, 9.17) is 16.2 Å². The van der Waals surface area contributed by atoms with E-state index in [1.165, 1.54) is 13.2 Å². The molecule has 3 unspecified atom stereocenters. The monoisotopic (exact) mass is 487 g/mol. The van der Waals surface area contributed by atoms with Crippen molar-refractivity contribution < 1.29 is 23.1 Å². The number of esters is 1. The second-order valence-corrected chi connectivity index (χ2v) is 8.48. The van der Waals surface area contributed by atoms with Crippen LogP contribution >= 0.6 is 0 Å². The number of methoxy groups -OCH3 is 1. The Bertz CT molecular complexity index is 1060. The highest BCUT2D eigenvalue weighted by Crippen LogP contribution is 2.47. The molecular formula is C25H31F2N5O3. The predicted octanol–water partition coefficient (Wildman–Crippen LogP) is 3.10. The molecule has 0 bridgehead atoms. The van der Waals surface area contributed by atoms with Crippen LogP contribution in [0, 0.1) is 11.6 Å². The highest BCUT2D eigenvalue weighted by molar-refractivity contribution is 5.84. The molecular weight excluding hydrogens is 456 g/mol. The Kier molecular flexibility index (Phi) is 8.99. The summed E-state index contributed by atoms with van der Waals surface area (Å²) in [5.74, 6) is -2.40. The van der Waals surface area contributed by atoms with Gasteiger partial charge in [0.05, 0.1) is 18.8 Å². The Balaban J connectivity index is 1.63. The van der Waals surface area contributed by atoms with Crippen molar-refractivity contribution in [1.82, 2.24) is 5.32 Å². The van der Waals surface area contributed by atoms with E-state index < -0.39 is 23.6 Å². The maximum atomic E-state index is 14.5. The minimum Gasteiger partial charge on any atom is -0.467 e. The number of nitrogens with one attached hydrogen (secondary N) is 2. The molecule has 3 rings (SSSR count). The lowest BCUT2D eigenvalue weighted by Crippen LogP contribution is -2.41. The third kappa shape index (κ3) is 6.91. The Labute approximate surface area is 203 Å². The van der Waals surface area contributed by atoms with E-state index in [0.29, 0.717) is 43.5 Å². The number of nitrogens with zero attached hydrogens (tertiary/aromatic N) is 1. The van der Waals surface area contributed by atoms with Gasteiger partial charge in [-0.3, -0.25) is 9.79 Å². The molecule has 0 aromatic heterocycles. The Morgan fingerprint density at radius 3 is 2.60 bits per heavy atom. The first-order chi connectivity index (χ1) is 16.8. The first-order valence-corrected chi connectivity index (χ1v) is 11.5. The Morgan fingerprint density at radius 1 is 1.17 bits per heavy atom. The van der Waals surface area contributed by atoms with Crippen molar-refractivity contribution in [1.29, 1.82) is 0 Å². The number of nitrogens with two attached hydrogens (primary N) is 2. The van der Waals surface area contributed by atoms with Crippen LogP contribution in [0.1, 0.15) is 55.2 Å². The number of carbonyl (C=O) groups is 2. The number of hydrogen-bond acceptors (Lipinski definition) is 5. The molecule has 35 heavy (non-hydrogen) atoms. The van der Waals surface area contributed by atoms with Gasteiger partial charge < -0.3 is 26.8 Å². The van der Waals surface area contributed by atoms with Gasteiger partial charge in [0.25, 0.3) is 0 Å². The highest BCUT2D eigenvalue weighted by Gasteiger charge is 2.35. The van der Waals surface area contributed by atoms with Crippen molar-refractivity contribution in [2.75, 3.05) is 19.0 Å². The van der Waals surface area contributed by atoms with Crippen LogP contribution < -0.4 is 22.1 Å². The number of halogens is 2. The van der Waals surface area contributed by atoms with Crippen LogP contribution in [0.25, 0.3) is 0 Å². The van der Waals surface area contributed by atoms with Gasteiger partial charge in [-0.15, -0.1) is 0 Å². The molecule has 1 amide bonds. The Hall–Kier alpha value is -3.69. The third-order valence-corrected chi connectivity index (χ3v) is 6.03. The molecule has 0 fully saturated rings. The number of ether oxygens (including phenoxy) is 1. The second kappa shape index (κ2) is 12.1. The van der Waals surface area contributed by atoms with Crippen molar-refractivity contribution in [3.05, 3.63) is 65.2 Å². The number of rotatable bonds is 11. The molecule has 0 radical (unpaired) electrons. The topological polar surface area (TPSA) is 132 Å². The van der Waals surface area contributed by atoms with Crippen molar-refractivity contribution in [3.63, 3.8) is 0 Å². The third-order valence-electron chi connectivity index (χ3n) is 6.03. The van der Waals surface area contributed by atoms with Crippen molar-refractivity contribution in [2.45, 2.75) is 50.1 Å². The summed E-state index contributed by atoms with van der Waals surface area (Å²) < 4.78 is 33.2. The summed E-state index contributed by atoms with van der Waals surface area (Å²) in [7, 11) is 1.25. The van der Waals surface area contributed by atoms with Gasteiger partial charge in [0.15, 0.2) is 5.96 Å². The van der Waals surface area contributed by atoms with Gasteiger partial charge >= 0.3 is 5.97 Å². The number of benzene rings is 2. The van der Waals surface area contributed by atoms with Gasteiger partial charge in [-0.1, -0.05) is 30.3 Å². The molecule has 3 atom stereocenters. The van der Waals surface area contributed by atoms with E-state index in [9.17, 15) is 18.4 Å². The van der Waals surface area contributed by atoms with Crippen molar-refractivity contribution >= 4 is 23.5 Å².